The van der Waals surface area contributed by atoms with E-state index in [4.69, 9.17) is 28.4 Å². The van der Waals surface area contributed by atoms with Crippen LogP contribution in [0.15, 0.2) is 60.7 Å². The molecular formula is C22H26O6. The molecule has 0 radical (unpaired) electrons. The van der Waals surface area contributed by atoms with E-state index >= 15 is 0 Å². The molecule has 0 bridgehead atoms. The molecule has 0 amide bonds. The Labute approximate surface area is 165 Å². The van der Waals surface area contributed by atoms with Crippen LogP contribution in [0.1, 0.15) is 17.4 Å². The van der Waals surface area contributed by atoms with Crippen LogP contribution < -0.4 is 0 Å². The molecule has 1 unspecified atom stereocenters. The molecule has 0 aliphatic carbocycles. The first kappa shape index (κ1) is 19.5. The van der Waals surface area contributed by atoms with Gasteiger partial charge in [-0.25, -0.2) is 0 Å². The van der Waals surface area contributed by atoms with E-state index in [9.17, 15) is 0 Å². The molecule has 2 heterocycles. The van der Waals surface area contributed by atoms with Crippen molar-refractivity contribution in [2.24, 2.45) is 0 Å². The summed E-state index contributed by atoms with van der Waals surface area (Å²) in [5.41, 5.74) is 2.04. The standard InChI is InChI=1S/C22H26O6/c1-23-19-18-17(14-26-21(28-18)16-11-7-4-8-12-16)27-22(24-2)20(19)25-13-15-9-5-3-6-10-15/h3-12,17-22H,13-14H2,1-2H3/t17-,18-,19+,20-,21?,22+/m1/s1. The predicted molar refractivity (Wildman–Crippen MR) is 101 cm³/mol. The van der Waals surface area contributed by atoms with Crippen LogP contribution in [-0.2, 0) is 35.0 Å². The fourth-order valence-corrected chi connectivity index (χ4v) is 3.73. The van der Waals surface area contributed by atoms with Crippen LogP contribution in [-0.4, -0.2) is 51.5 Å². The lowest BCUT2D eigenvalue weighted by Gasteiger charge is -2.48. The maximum Gasteiger partial charge on any atom is 0.186 e. The molecule has 0 N–H and O–H groups in total. The second-order valence-electron chi connectivity index (χ2n) is 6.92. The normalized spacial score (nSPS) is 32.6. The monoisotopic (exact) mass is 386 g/mol. The highest BCUT2D eigenvalue weighted by molar-refractivity contribution is 5.17. The quantitative estimate of drug-likeness (QED) is 0.761. The van der Waals surface area contributed by atoms with E-state index in [1.54, 1.807) is 14.2 Å². The van der Waals surface area contributed by atoms with Gasteiger partial charge in [0, 0.05) is 19.8 Å². The van der Waals surface area contributed by atoms with E-state index in [0.717, 1.165) is 11.1 Å². The van der Waals surface area contributed by atoms with E-state index in [1.165, 1.54) is 0 Å². The van der Waals surface area contributed by atoms with E-state index in [-0.39, 0.29) is 18.3 Å². The number of ether oxygens (including phenoxy) is 6. The minimum absolute atomic E-state index is 0.286. The Kier molecular flexibility index (Phi) is 6.36. The summed E-state index contributed by atoms with van der Waals surface area (Å²) in [6.45, 7) is 0.833. The van der Waals surface area contributed by atoms with Crippen LogP contribution in [0.2, 0.25) is 0 Å². The molecule has 2 aliphatic heterocycles. The SMILES string of the molecule is CO[C@H]1O[C@@H]2COC(c3ccccc3)O[C@H]2[C@H](OC)[C@H]1OCc1ccccc1. The van der Waals surface area contributed by atoms with Crippen LogP contribution in [0.3, 0.4) is 0 Å². The highest BCUT2D eigenvalue weighted by atomic mass is 16.8. The minimum Gasteiger partial charge on any atom is -0.376 e. The molecule has 150 valence electrons. The summed E-state index contributed by atoms with van der Waals surface area (Å²) in [5.74, 6) is 0. The molecule has 2 fully saturated rings. The van der Waals surface area contributed by atoms with Gasteiger partial charge in [0.2, 0.25) is 0 Å². The molecule has 0 spiro atoms. The largest absolute Gasteiger partial charge is 0.376 e. The van der Waals surface area contributed by atoms with Gasteiger partial charge in [-0.2, -0.15) is 0 Å². The summed E-state index contributed by atoms with van der Waals surface area (Å²) in [6, 6.07) is 19.9. The maximum absolute atomic E-state index is 6.25. The molecule has 6 atom stereocenters. The number of hydrogen-bond acceptors (Lipinski definition) is 6. The molecule has 4 rings (SSSR count). The van der Waals surface area contributed by atoms with Crippen molar-refractivity contribution in [2.45, 2.75) is 43.6 Å². The Morgan fingerprint density at radius 1 is 0.857 bits per heavy atom. The summed E-state index contributed by atoms with van der Waals surface area (Å²) in [7, 11) is 3.27. The third-order valence-electron chi connectivity index (χ3n) is 5.15. The fraction of sp³-hybridized carbons (Fsp3) is 0.455. The zero-order chi connectivity index (χ0) is 19.3. The van der Waals surface area contributed by atoms with Crippen molar-refractivity contribution in [1.82, 2.24) is 0 Å². The second kappa shape index (κ2) is 9.13. The van der Waals surface area contributed by atoms with Gasteiger partial charge in [-0.3, -0.25) is 0 Å². The van der Waals surface area contributed by atoms with Crippen molar-refractivity contribution >= 4 is 0 Å². The van der Waals surface area contributed by atoms with Crippen molar-refractivity contribution in [3.63, 3.8) is 0 Å². The lowest BCUT2D eigenvalue weighted by molar-refractivity contribution is -0.366. The molecule has 2 saturated heterocycles. The first-order valence-corrected chi connectivity index (χ1v) is 9.48. The molecule has 2 aliphatic rings. The zero-order valence-corrected chi connectivity index (χ0v) is 16.1. The van der Waals surface area contributed by atoms with Crippen LogP contribution in [0.25, 0.3) is 0 Å². The van der Waals surface area contributed by atoms with Crippen molar-refractivity contribution in [1.29, 1.82) is 0 Å². The van der Waals surface area contributed by atoms with Gasteiger partial charge in [0.15, 0.2) is 12.6 Å². The highest BCUT2D eigenvalue weighted by Gasteiger charge is 2.51. The first-order valence-electron chi connectivity index (χ1n) is 9.48. The number of fused-ring (bicyclic) bond motifs is 1. The first-order chi connectivity index (χ1) is 13.8. The average Bonchev–Trinajstić information content (AvgIpc) is 2.77. The topological polar surface area (TPSA) is 55.4 Å². The number of hydrogen-bond donors (Lipinski definition) is 0. The number of benzene rings is 2. The molecule has 0 saturated carbocycles. The van der Waals surface area contributed by atoms with Gasteiger partial charge < -0.3 is 28.4 Å². The summed E-state index contributed by atoms with van der Waals surface area (Å²) < 4.78 is 35.7. The summed E-state index contributed by atoms with van der Waals surface area (Å²) in [4.78, 5) is 0. The summed E-state index contributed by atoms with van der Waals surface area (Å²) >= 11 is 0. The van der Waals surface area contributed by atoms with Crippen molar-refractivity contribution < 1.29 is 28.4 Å². The van der Waals surface area contributed by atoms with Gasteiger partial charge in [-0.05, 0) is 5.56 Å². The van der Waals surface area contributed by atoms with E-state index in [2.05, 4.69) is 0 Å². The lowest BCUT2D eigenvalue weighted by atomic mass is 9.97. The van der Waals surface area contributed by atoms with E-state index in [0.29, 0.717) is 13.2 Å². The Balaban J connectivity index is 1.50. The van der Waals surface area contributed by atoms with Gasteiger partial charge in [0.05, 0.1) is 13.2 Å². The maximum atomic E-state index is 6.25. The average molecular weight is 386 g/mol. The molecule has 2 aromatic rings. The Bertz CT molecular complexity index is 718. The summed E-state index contributed by atoms with van der Waals surface area (Å²) in [6.07, 6.45) is -2.40. The van der Waals surface area contributed by atoms with Gasteiger partial charge in [-0.15, -0.1) is 0 Å². The smallest absolute Gasteiger partial charge is 0.186 e. The summed E-state index contributed by atoms with van der Waals surface area (Å²) in [5, 5.41) is 0. The van der Waals surface area contributed by atoms with Crippen molar-refractivity contribution in [3.05, 3.63) is 71.8 Å². The van der Waals surface area contributed by atoms with E-state index < -0.39 is 18.7 Å². The van der Waals surface area contributed by atoms with Crippen LogP contribution >= 0.6 is 0 Å². The molecule has 0 aromatic heterocycles. The fourth-order valence-electron chi connectivity index (χ4n) is 3.73. The van der Waals surface area contributed by atoms with Crippen LogP contribution in [0, 0.1) is 0 Å². The molecule has 2 aromatic carbocycles. The molecular weight excluding hydrogens is 360 g/mol. The van der Waals surface area contributed by atoms with Crippen molar-refractivity contribution in [3.8, 4) is 0 Å². The van der Waals surface area contributed by atoms with Crippen LogP contribution in [0.5, 0.6) is 0 Å². The van der Waals surface area contributed by atoms with Crippen molar-refractivity contribution in [2.75, 3.05) is 20.8 Å². The lowest BCUT2D eigenvalue weighted by Crippen LogP contribution is -2.63. The van der Waals surface area contributed by atoms with Gasteiger partial charge >= 0.3 is 0 Å². The Morgan fingerprint density at radius 3 is 2.25 bits per heavy atom. The molecule has 6 heteroatoms. The predicted octanol–water partition coefficient (Wildman–Crippen LogP) is 3.07. The van der Waals surface area contributed by atoms with Gasteiger partial charge in [0.25, 0.3) is 0 Å². The minimum atomic E-state index is -0.560. The van der Waals surface area contributed by atoms with Crippen LogP contribution in [0.4, 0.5) is 0 Å². The third kappa shape index (κ3) is 4.12. The Morgan fingerprint density at radius 2 is 1.57 bits per heavy atom. The molecule has 6 nitrogen and oxygen atoms in total. The Hall–Kier alpha value is -1.80. The number of rotatable bonds is 6. The third-order valence-corrected chi connectivity index (χ3v) is 5.15. The second-order valence-corrected chi connectivity index (χ2v) is 6.92. The number of methoxy groups -OCH3 is 2. The van der Waals surface area contributed by atoms with E-state index in [1.807, 2.05) is 60.7 Å². The zero-order valence-electron chi connectivity index (χ0n) is 16.1. The van der Waals surface area contributed by atoms with Gasteiger partial charge in [-0.1, -0.05) is 60.7 Å². The molecule has 28 heavy (non-hydrogen) atoms. The van der Waals surface area contributed by atoms with Gasteiger partial charge in [0.1, 0.15) is 24.4 Å². The highest BCUT2D eigenvalue weighted by Crippen LogP contribution is 2.36.